The van der Waals surface area contributed by atoms with Gasteiger partial charge in [0.1, 0.15) is 5.75 Å². The molecule has 3 rings (SSSR count). The van der Waals surface area contributed by atoms with Crippen molar-refractivity contribution in [1.82, 2.24) is 9.78 Å². The van der Waals surface area contributed by atoms with E-state index in [-0.39, 0.29) is 12.4 Å². The second-order valence-electron chi connectivity index (χ2n) is 6.61. The number of rotatable bonds is 7. The number of fused-ring (bicyclic) bond motifs is 1. The lowest BCUT2D eigenvalue weighted by molar-refractivity contribution is -0.274. The zero-order valence-electron chi connectivity index (χ0n) is 15.7. The Labute approximate surface area is 171 Å². The molecule has 3 aromatic rings. The highest BCUT2D eigenvalue weighted by atomic mass is 35.5. The van der Waals surface area contributed by atoms with E-state index in [1.165, 1.54) is 12.1 Å². The molecule has 0 radical (unpaired) electrons. The maximum absolute atomic E-state index is 12.6. The second-order valence-corrected chi connectivity index (χ2v) is 7.05. The Bertz CT molecular complexity index is 1030. The van der Waals surface area contributed by atoms with E-state index in [0.29, 0.717) is 41.0 Å². The predicted molar refractivity (Wildman–Crippen MR) is 107 cm³/mol. The van der Waals surface area contributed by atoms with Gasteiger partial charge in [0.15, 0.2) is 0 Å². The van der Waals surface area contributed by atoms with Crippen molar-refractivity contribution >= 4 is 28.6 Å². The lowest BCUT2D eigenvalue weighted by Crippen LogP contribution is -2.17. The van der Waals surface area contributed by atoms with E-state index in [0.717, 1.165) is 11.1 Å². The first-order valence-electron chi connectivity index (χ1n) is 9.05. The number of hydrogen-bond acceptors (Lipinski definition) is 3. The molecule has 0 aliphatic heterocycles. The number of hydrogen-bond donors (Lipinski definition) is 1. The summed E-state index contributed by atoms with van der Waals surface area (Å²) in [5, 5.41) is 14.8. The van der Waals surface area contributed by atoms with Gasteiger partial charge in [-0.15, -0.1) is 13.2 Å². The van der Waals surface area contributed by atoms with Crippen LogP contribution in [0, 0.1) is 6.92 Å². The van der Waals surface area contributed by atoms with Gasteiger partial charge in [-0.1, -0.05) is 23.7 Å². The Morgan fingerprint density at radius 1 is 1.21 bits per heavy atom. The lowest BCUT2D eigenvalue weighted by Gasteiger charge is -2.10. The van der Waals surface area contributed by atoms with Crippen molar-refractivity contribution in [1.29, 1.82) is 0 Å². The third-order valence-corrected chi connectivity index (χ3v) is 4.65. The van der Waals surface area contributed by atoms with Crippen LogP contribution in [0.1, 0.15) is 29.7 Å². The summed E-state index contributed by atoms with van der Waals surface area (Å²) < 4.78 is 43.6. The molecule has 29 heavy (non-hydrogen) atoms. The van der Waals surface area contributed by atoms with Crippen LogP contribution in [0.25, 0.3) is 17.0 Å². The molecule has 0 fully saturated rings. The molecule has 0 bridgehead atoms. The van der Waals surface area contributed by atoms with Crippen molar-refractivity contribution in [2.75, 3.05) is 6.61 Å². The summed E-state index contributed by atoms with van der Waals surface area (Å²) in [6.07, 6.45) is 0.237. The van der Waals surface area contributed by atoms with E-state index in [1.54, 1.807) is 16.8 Å². The van der Waals surface area contributed by atoms with Gasteiger partial charge in [-0.25, -0.2) is 0 Å². The van der Waals surface area contributed by atoms with E-state index in [4.69, 9.17) is 16.7 Å². The molecular weight excluding hydrogens is 405 g/mol. The number of unbranched alkanes of at least 4 members (excludes halogenated alkanes) is 1. The van der Waals surface area contributed by atoms with Crippen LogP contribution in [0.2, 0.25) is 5.02 Å². The number of aliphatic hydroxyl groups is 1. The van der Waals surface area contributed by atoms with Gasteiger partial charge in [-0.3, -0.25) is 4.68 Å². The van der Waals surface area contributed by atoms with Crippen LogP contribution in [0.15, 0.2) is 42.5 Å². The van der Waals surface area contributed by atoms with Crippen molar-refractivity contribution < 1.29 is 23.0 Å². The highest BCUT2D eigenvalue weighted by molar-refractivity contribution is 6.30. The van der Waals surface area contributed by atoms with Gasteiger partial charge in [-0.05, 0) is 61.2 Å². The third-order valence-electron chi connectivity index (χ3n) is 4.41. The predicted octanol–water partition coefficient (Wildman–Crippen LogP) is 5.73. The minimum atomic E-state index is -4.77. The molecule has 0 atom stereocenters. The molecule has 0 unspecified atom stereocenters. The normalized spacial score (nSPS) is 12.2. The molecule has 1 heterocycles. The quantitative estimate of drug-likeness (QED) is 0.493. The summed E-state index contributed by atoms with van der Waals surface area (Å²) in [7, 11) is 0. The monoisotopic (exact) mass is 424 g/mol. The van der Waals surface area contributed by atoms with Crippen molar-refractivity contribution in [2.45, 2.75) is 32.7 Å². The molecule has 8 heteroatoms. The minimum absolute atomic E-state index is 0.0908. The summed E-state index contributed by atoms with van der Waals surface area (Å²) in [6.45, 7) is 2.38. The second kappa shape index (κ2) is 8.88. The first-order valence-corrected chi connectivity index (χ1v) is 9.43. The maximum Gasteiger partial charge on any atom is 0.573 e. The van der Waals surface area contributed by atoms with Crippen molar-refractivity contribution in [2.24, 2.45) is 0 Å². The highest BCUT2D eigenvalue weighted by Gasteiger charge is 2.31. The molecule has 0 saturated carbocycles. The SMILES string of the molecule is Cc1cc(Cl)ccc1Cn1nc(/C=C/CCCO)c2ccc(OC(F)(F)F)cc21. The number of allylic oxidation sites excluding steroid dienone is 1. The van der Waals surface area contributed by atoms with Crippen LogP contribution in [0.5, 0.6) is 5.75 Å². The molecule has 154 valence electrons. The largest absolute Gasteiger partial charge is 0.573 e. The van der Waals surface area contributed by atoms with Gasteiger partial charge in [-0.2, -0.15) is 5.10 Å². The zero-order valence-corrected chi connectivity index (χ0v) is 16.5. The number of aryl methyl sites for hydroxylation is 1. The van der Waals surface area contributed by atoms with Gasteiger partial charge >= 0.3 is 6.36 Å². The average molecular weight is 425 g/mol. The third kappa shape index (κ3) is 5.52. The smallest absolute Gasteiger partial charge is 0.406 e. The molecule has 0 amide bonds. The number of aliphatic hydroxyl groups excluding tert-OH is 1. The maximum atomic E-state index is 12.6. The van der Waals surface area contributed by atoms with Crippen molar-refractivity contribution in [3.8, 4) is 5.75 Å². The Morgan fingerprint density at radius 2 is 2.00 bits per heavy atom. The van der Waals surface area contributed by atoms with E-state index >= 15 is 0 Å². The fraction of sp³-hybridized carbons (Fsp3) is 0.286. The number of halogens is 4. The number of nitrogens with zero attached hydrogens (tertiary/aromatic N) is 2. The number of aromatic nitrogens is 2. The van der Waals surface area contributed by atoms with Crippen LogP contribution in [-0.4, -0.2) is 27.9 Å². The first-order chi connectivity index (χ1) is 13.8. The van der Waals surface area contributed by atoms with Crippen molar-refractivity contribution in [3.05, 3.63) is 64.3 Å². The summed E-state index contributed by atoms with van der Waals surface area (Å²) >= 11 is 6.01. The van der Waals surface area contributed by atoms with Crippen LogP contribution >= 0.6 is 11.6 Å². The molecule has 0 saturated heterocycles. The molecule has 0 aliphatic carbocycles. The summed E-state index contributed by atoms with van der Waals surface area (Å²) in [6, 6.07) is 9.66. The fourth-order valence-electron chi connectivity index (χ4n) is 3.02. The van der Waals surface area contributed by atoms with Gasteiger partial charge in [0.25, 0.3) is 0 Å². The van der Waals surface area contributed by atoms with Gasteiger partial charge in [0.2, 0.25) is 0 Å². The standard InChI is InChI=1S/C21H20ClF3N2O2/c1-14-11-16(22)7-6-15(14)13-27-20-12-17(29-21(23,24)25)8-9-18(20)19(26-27)5-3-2-4-10-28/h3,5-9,11-12,28H,2,4,10,13H2,1H3/b5-3+. The van der Waals surface area contributed by atoms with Crippen LogP contribution in [0.4, 0.5) is 13.2 Å². The Kier molecular flexibility index (Phi) is 6.49. The molecule has 0 aliphatic rings. The molecule has 1 aromatic heterocycles. The number of ether oxygens (including phenoxy) is 1. The van der Waals surface area contributed by atoms with Crippen molar-refractivity contribution in [3.63, 3.8) is 0 Å². The first kappa shape index (κ1) is 21.2. The van der Waals surface area contributed by atoms with E-state index in [1.807, 2.05) is 31.2 Å². The molecule has 1 N–H and O–H groups in total. The van der Waals surface area contributed by atoms with Gasteiger partial charge in [0, 0.05) is 23.1 Å². The number of alkyl halides is 3. The minimum Gasteiger partial charge on any atom is -0.406 e. The van der Waals surface area contributed by atoms with Crippen LogP contribution < -0.4 is 4.74 Å². The Morgan fingerprint density at radius 3 is 2.69 bits per heavy atom. The number of benzene rings is 2. The van der Waals surface area contributed by atoms with Crippen LogP contribution in [-0.2, 0) is 6.54 Å². The molecule has 4 nitrogen and oxygen atoms in total. The Hall–Kier alpha value is -2.51. The zero-order chi connectivity index (χ0) is 21.0. The summed E-state index contributed by atoms with van der Waals surface area (Å²) in [4.78, 5) is 0. The lowest BCUT2D eigenvalue weighted by atomic mass is 10.1. The van der Waals surface area contributed by atoms with Crippen LogP contribution in [0.3, 0.4) is 0 Å². The average Bonchev–Trinajstić information content (AvgIpc) is 2.97. The summed E-state index contributed by atoms with van der Waals surface area (Å²) in [5.41, 5.74) is 3.09. The Balaban J connectivity index is 2.02. The van der Waals surface area contributed by atoms with E-state index in [2.05, 4.69) is 9.84 Å². The van der Waals surface area contributed by atoms with E-state index < -0.39 is 6.36 Å². The topological polar surface area (TPSA) is 47.3 Å². The highest BCUT2D eigenvalue weighted by Crippen LogP contribution is 2.29. The molecular formula is C21H20ClF3N2O2. The molecule has 2 aromatic carbocycles. The van der Waals surface area contributed by atoms with E-state index in [9.17, 15) is 13.2 Å². The molecule has 0 spiro atoms. The van der Waals surface area contributed by atoms with Gasteiger partial charge < -0.3 is 9.84 Å². The fourth-order valence-corrected chi connectivity index (χ4v) is 3.25. The summed E-state index contributed by atoms with van der Waals surface area (Å²) in [5.74, 6) is -0.296. The van der Waals surface area contributed by atoms with Gasteiger partial charge in [0.05, 0.1) is 17.8 Å².